The Hall–Kier alpha value is -1.91. The van der Waals surface area contributed by atoms with E-state index in [0.717, 1.165) is 17.3 Å². The molecule has 1 aliphatic rings. The summed E-state index contributed by atoms with van der Waals surface area (Å²) in [4.78, 5) is 9.00. The third kappa shape index (κ3) is 3.13. The summed E-state index contributed by atoms with van der Waals surface area (Å²) in [5, 5.41) is 8.13. The maximum Gasteiger partial charge on any atom is 0.133 e. The second kappa shape index (κ2) is 5.38. The van der Waals surface area contributed by atoms with Gasteiger partial charge in [-0.15, -0.1) is 0 Å². The molecule has 1 aliphatic carbocycles. The topological polar surface area (TPSA) is 55.6 Å². The zero-order chi connectivity index (χ0) is 15.9. The average molecular weight is 299 g/mol. The monoisotopic (exact) mass is 299 g/mol. The van der Waals surface area contributed by atoms with Crippen molar-refractivity contribution in [3.8, 4) is 0 Å². The van der Waals surface area contributed by atoms with Gasteiger partial charge in [0.25, 0.3) is 0 Å². The highest BCUT2D eigenvalue weighted by atomic mass is 15.3. The molecule has 0 spiro atoms. The number of nitrogens with one attached hydrogen (secondary N) is 1. The number of rotatable bonds is 4. The van der Waals surface area contributed by atoms with E-state index in [1.807, 2.05) is 16.9 Å². The van der Waals surface area contributed by atoms with Gasteiger partial charge in [-0.3, -0.25) is 4.68 Å². The number of aryl methyl sites for hydroxylation is 1. The van der Waals surface area contributed by atoms with Crippen LogP contribution in [0.3, 0.4) is 0 Å². The average Bonchev–Trinajstić information content (AvgIpc) is 3.20. The quantitative estimate of drug-likeness (QED) is 0.933. The van der Waals surface area contributed by atoms with Crippen LogP contribution < -0.4 is 5.32 Å². The van der Waals surface area contributed by atoms with Crippen molar-refractivity contribution < 1.29 is 0 Å². The first-order chi connectivity index (χ1) is 10.3. The molecule has 0 amide bonds. The minimum atomic E-state index is -0.00318. The molecule has 5 nitrogen and oxygen atoms in total. The minimum absolute atomic E-state index is 0.00318. The van der Waals surface area contributed by atoms with Gasteiger partial charge in [-0.05, 0) is 53.5 Å². The molecule has 22 heavy (non-hydrogen) atoms. The Labute approximate surface area is 132 Å². The number of aromatic nitrogens is 4. The lowest BCUT2D eigenvalue weighted by atomic mass is 10.1. The summed E-state index contributed by atoms with van der Waals surface area (Å²) in [6.07, 6.45) is 6.42. The van der Waals surface area contributed by atoms with E-state index in [0.29, 0.717) is 5.92 Å². The molecule has 118 valence electrons. The molecule has 0 aliphatic heterocycles. The SMILES string of the molecule is Cc1nn(C(C)(C)C)cc1C(C)Nc1ccnc(C2CC2)n1. The molecule has 5 heteroatoms. The maximum atomic E-state index is 4.64. The molecule has 1 N–H and O–H groups in total. The van der Waals surface area contributed by atoms with Crippen molar-refractivity contribution in [3.05, 3.63) is 35.5 Å². The molecule has 0 saturated heterocycles. The van der Waals surface area contributed by atoms with E-state index < -0.39 is 0 Å². The lowest BCUT2D eigenvalue weighted by Gasteiger charge is -2.19. The van der Waals surface area contributed by atoms with Gasteiger partial charge in [0, 0.05) is 23.9 Å². The van der Waals surface area contributed by atoms with Crippen molar-refractivity contribution in [1.29, 1.82) is 0 Å². The predicted octanol–water partition coefficient (Wildman–Crippen LogP) is 3.79. The Morgan fingerprint density at radius 1 is 1.32 bits per heavy atom. The van der Waals surface area contributed by atoms with Gasteiger partial charge in [-0.1, -0.05) is 0 Å². The van der Waals surface area contributed by atoms with Gasteiger partial charge in [0.2, 0.25) is 0 Å². The summed E-state index contributed by atoms with van der Waals surface area (Å²) >= 11 is 0. The summed E-state index contributed by atoms with van der Waals surface area (Å²) in [7, 11) is 0. The highest BCUT2D eigenvalue weighted by molar-refractivity contribution is 5.38. The van der Waals surface area contributed by atoms with E-state index in [1.165, 1.54) is 18.4 Å². The van der Waals surface area contributed by atoms with Gasteiger partial charge < -0.3 is 5.32 Å². The Bertz CT molecular complexity index is 664. The Morgan fingerprint density at radius 2 is 2.05 bits per heavy atom. The van der Waals surface area contributed by atoms with Gasteiger partial charge >= 0.3 is 0 Å². The Morgan fingerprint density at radius 3 is 2.64 bits per heavy atom. The first kappa shape index (κ1) is 15.0. The van der Waals surface area contributed by atoms with Crippen molar-refractivity contribution in [3.63, 3.8) is 0 Å². The van der Waals surface area contributed by atoms with Crippen molar-refractivity contribution >= 4 is 5.82 Å². The van der Waals surface area contributed by atoms with Crippen LogP contribution in [0.25, 0.3) is 0 Å². The minimum Gasteiger partial charge on any atom is -0.363 e. The van der Waals surface area contributed by atoms with Crippen molar-refractivity contribution in [2.45, 2.75) is 65.0 Å². The van der Waals surface area contributed by atoms with Crippen LogP contribution in [-0.4, -0.2) is 19.7 Å². The molecule has 2 aromatic heterocycles. The Kier molecular flexibility index (Phi) is 3.67. The largest absolute Gasteiger partial charge is 0.363 e. The van der Waals surface area contributed by atoms with Crippen molar-refractivity contribution in [1.82, 2.24) is 19.7 Å². The van der Waals surface area contributed by atoms with Crippen molar-refractivity contribution in [2.24, 2.45) is 0 Å². The summed E-state index contributed by atoms with van der Waals surface area (Å²) in [6.45, 7) is 10.7. The van der Waals surface area contributed by atoms with Gasteiger partial charge in [-0.2, -0.15) is 5.10 Å². The molecular weight excluding hydrogens is 274 g/mol. The van der Waals surface area contributed by atoms with E-state index >= 15 is 0 Å². The standard InChI is InChI=1S/C17H25N5/c1-11(14-10-22(17(3,4)5)21-12(14)2)19-15-8-9-18-16(20-15)13-6-7-13/h8-11,13H,6-7H2,1-5H3,(H,18,19,20). The van der Waals surface area contributed by atoms with E-state index in [4.69, 9.17) is 0 Å². The summed E-state index contributed by atoms with van der Waals surface area (Å²) in [5.74, 6) is 2.44. The smallest absolute Gasteiger partial charge is 0.133 e. The molecule has 2 aromatic rings. The zero-order valence-corrected chi connectivity index (χ0v) is 14.1. The molecule has 3 rings (SSSR count). The molecule has 1 fully saturated rings. The van der Waals surface area contributed by atoms with Crippen LogP contribution in [0.2, 0.25) is 0 Å². The van der Waals surface area contributed by atoms with Gasteiger partial charge in [0.1, 0.15) is 11.6 Å². The number of hydrogen-bond acceptors (Lipinski definition) is 4. The van der Waals surface area contributed by atoms with Crippen molar-refractivity contribution in [2.75, 3.05) is 5.32 Å². The second-order valence-corrected chi connectivity index (χ2v) is 7.23. The molecule has 2 heterocycles. The van der Waals surface area contributed by atoms with Crippen LogP contribution in [-0.2, 0) is 5.54 Å². The second-order valence-electron chi connectivity index (χ2n) is 7.23. The molecule has 1 saturated carbocycles. The molecule has 1 atom stereocenters. The maximum absolute atomic E-state index is 4.64. The number of hydrogen-bond donors (Lipinski definition) is 1. The molecular formula is C17H25N5. The lowest BCUT2D eigenvalue weighted by Crippen LogP contribution is -2.22. The normalized spacial score (nSPS) is 16.6. The fourth-order valence-electron chi connectivity index (χ4n) is 2.53. The summed E-state index contributed by atoms with van der Waals surface area (Å²) in [6, 6.07) is 2.10. The third-order valence-corrected chi connectivity index (χ3v) is 4.07. The third-order valence-electron chi connectivity index (χ3n) is 4.07. The Balaban J connectivity index is 1.78. The van der Waals surface area contributed by atoms with Crippen LogP contribution in [0.4, 0.5) is 5.82 Å². The fraction of sp³-hybridized carbons (Fsp3) is 0.588. The van der Waals surface area contributed by atoms with E-state index in [-0.39, 0.29) is 11.6 Å². The number of nitrogens with zero attached hydrogens (tertiary/aromatic N) is 4. The van der Waals surface area contributed by atoms with E-state index in [9.17, 15) is 0 Å². The fourth-order valence-corrected chi connectivity index (χ4v) is 2.53. The van der Waals surface area contributed by atoms with Crippen LogP contribution in [0.15, 0.2) is 18.5 Å². The first-order valence-electron chi connectivity index (χ1n) is 8.00. The summed E-state index contributed by atoms with van der Waals surface area (Å²) < 4.78 is 2.03. The van der Waals surface area contributed by atoms with Gasteiger partial charge in [-0.25, -0.2) is 9.97 Å². The van der Waals surface area contributed by atoms with Crippen LogP contribution in [0, 0.1) is 6.92 Å². The molecule has 1 unspecified atom stereocenters. The zero-order valence-electron chi connectivity index (χ0n) is 14.1. The molecule has 0 aromatic carbocycles. The predicted molar refractivity (Wildman–Crippen MR) is 88.0 cm³/mol. The summed E-state index contributed by atoms with van der Waals surface area (Å²) in [5.41, 5.74) is 2.27. The van der Waals surface area contributed by atoms with Gasteiger partial charge in [0.05, 0.1) is 17.3 Å². The van der Waals surface area contributed by atoms with E-state index in [2.05, 4.69) is 61.2 Å². The van der Waals surface area contributed by atoms with Crippen LogP contribution in [0.1, 0.15) is 69.6 Å². The highest BCUT2D eigenvalue weighted by Crippen LogP contribution is 2.38. The lowest BCUT2D eigenvalue weighted by molar-refractivity contribution is 0.354. The van der Waals surface area contributed by atoms with Crippen LogP contribution in [0.5, 0.6) is 0 Å². The van der Waals surface area contributed by atoms with E-state index in [1.54, 1.807) is 0 Å². The number of anilines is 1. The highest BCUT2D eigenvalue weighted by Gasteiger charge is 2.26. The molecule has 0 radical (unpaired) electrons. The first-order valence-corrected chi connectivity index (χ1v) is 8.00. The molecule has 0 bridgehead atoms. The van der Waals surface area contributed by atoms with Crippen LogP contribution >= 0.6 is 0 Å². The van der Waals surface area contributed by atoms with Gasteiger partial charge in [0.15, 0.2) is 0 Å².